The minimum Gasteiger partial charge on any atom is -0.495 e. The Morgan fingerprint density at radius 3 is 2.47 bits per heavy atom. The van der Waals surface area contributed by atoms with E-state index in [0.717, 1.165) is 36.2 Å². The molecular weight excluding hydrogens is 607 g/mol. The van der Waals surface area contributed by atoms with Crippen LogP contribution in [-0.2, 0) is 6.18 Å². The molecule has 3 aromatic carbocycles. The number of aromatic nitrogens is 3. The fourth-order valence-corrected chi connectivity index (χ4v) is 5.50. The largest absolute Gasteiger partial charge is 0.495 e. The summed E-state index contributed by atoms with van der Waals surface area (Å²) in [6.45, 7) is 3.29. The number of nitrogens with two attached hydrogens (primary N) is 1. The molecule has 9 nitrogen and oxygen atoms in total. The van der Waals surface area contributed by atoms with Gasteiger partial charge in [0.05, 0.1) is 35.1 Å². The normalized spacial score (nSPS) is 11.6. The van der Waals surface area contributed by atoms with Crippen molar-refractivity contribution < 1.29 is 22.7 Å². The van der Waals surface area contributed by atoms with Crippen LogP contribution < -0.4 is 20.7 Å². The third kappa shape index (κ3) is 7.28. The van der Waals surface area contributed by atoms with Crippen molar-refractivity contribution in [3.05, 3.63) is 89.9 Å². The standard InChI is InChI=1S/C35H36F3N7O2/c1-21-9-10-22(33(46)42-28-18-25(35(36,37)38)11-12-29(28)45(4)15-7-14-44(2)3)16-26(21)27-17-24-20-41-34(39)43-31(24)30(32(27)47-5)23-8-6-13-40-19-23/h6,8-13,16-20H,7,14-15H2,1-5H3,(H,42,46)(H2,39,41,43). The molecule has 47 heavy (non-hydrogen) atoms. The molecule has 3 N–H and O–H groups in total. The molecule has 2 aromatic heterocycles. The van der Waals surface area contributed by atoms with Crippen LogP contribution in [0.1, 0.15) is 27.9 Å². The highest BCUT2D eigenvalue weighted by molar-refractivity contribution is 6.08. The fourth-order valence-electron chi connectivity index (χ4n) is 5.50. The molecule has 0 atom stereocenters. The van der Waals surface area contributed by atoms with Crippen LogP contribution in [0, 0.1) is 6.92 Å². The molecule has 0 aliphatic carbocycles. The molecule has 0 bridgehead atoms. The maximum Gasteiger partial charge on any atom is 0.416 e. The topological polar surface area (TPSA) is 110 Å². The predicted octanol–water partition coefficient (Wildman–Crippen LogP) is 6.92. The van der Waals surface area contributed by atoms with Gasteiger partial charge in [-0.3, -0.25) is 9.78 Å². The van der Waals surface area contributed by atoms with Crippen molar-refractivity contribution in [2.24, 2.45) is 0 Å². The fraction of sp³-hybridized carbons (Fsp3) is 0.257. The number of ether oxygens (including phenoxy) is 1. The van der Waals surface area contributed by atoms with Crippen molar-refractivity contribution in [3.63, 3.8) is 0 Å². The molecule has 12 heteroatoms. The number of nitrogens with one attached hydrogen (secondary N) is 1. The van der Waals surface area contributed by atoms with Crippen LogP contribution >= 0.6 is 0 Å². The molecule has 0 fully saturated rings. The highest BCUT2D eigenvalue weighted by atomic mass is 19.4. The number of hydrogen-bond acceptors (Lipinski definition) is 8. The summed E-state index contributed by atoms with van der Waals surface area (Å²) in [7, 11) is 7.25. The van der Waals surface area contributed by atoms with E-state index in [1.54, 1.807) is 57.0 Å². The summed E-state index contributed by atoms with van der Waals surface area (Å²) in [5, 5.41) is 3.44. The number of fused-ring (bicyclic) bond motifs is 1. The number of amides is 1. The number of hydrogen-bond donors (Lipinski definition) is 2. The number of carbonyl (C=O) groups is 1. The summed E-state index contributed by atoms with van der Waals surface area (Å²) < 4.78 is 47.2. The molecule has 244 valence electrons. The van der Waals surface area contributed by atoms with Crippen molar-refractivity contribution in [2.45, 2.75) is 19.5 Å². The number of alkyl halides is 3. The molecule has 5 rings (SSSR count). The number of methoxy groups -OCH3 is 1. The number of halogens is 3. The molecule has 5 aromatic rings. The van der Waals surface area contributed by atoms with Gasteiger partial charge in [0, 0.05) is 54.3 Å². The third-order valence-corrected chi connectivity index (χ3v) is 7.87. The maximum absolute atomic E-state index is 13.7. The first-order valence-electron chi connectivity index (χ1n) is 14.9. The van der Waals surface area contributed by atoms with Crippen LogP contribution in [0.2, 0.25) is 0 Å². The van der Waals surface area contributed by atoms with Gasteiger partial charge in [-0.05, 0) is 87.6 Å². The minimum absolute atomic E-state index is 0.0659. The number of benzene rings is 3. The molecule has 0 radical (unpaired) electrons. The van der Waals surface area contributed by atoms with Crippen LogP contribution in [0.5, 0.6) is 5.75 Å². The van der Waals surface area contributed by atoms with Gasteiger partial charge in [0.15, 0.2) is 0 Å². The summed E-state index contributed by atoms with van der Waals surface area (Å²) >= 11 is 0. The third-order valence-electron chi connectivity index (χ3n) is 7.87. The molecule has 0 saturated heterocycles. The molecule has 2 heterocycles. The zero-order valence-corrected chi connectivity index (χ0v) is 26.8. The molecule has 0 unspecified atom stereocenters. The summed E-state index contributed by atoms with van der Waals surface area (Å²) in [6, 6.07) is 14.1. The molecule has 1 amide bonds. The van der Waals surface area contributed by atoms with Crippen LogP contribution in [0.4, 0.5) is 30.5 Å². The number of carbonyl (C=O) groups excluding carboxylic acids is 1. The zero-order chi connectivity index (χ0) is 33.9. The van der Waals surface area contributed by atoms with Crippen molar-refractivity contribution in [1.29, 1.82) is 0 Å². The summed E-state index contributed by atoms with van der Waals surface area (Å²) in [6.07, 6.45) is 1.18. The number of pyridine rings is 1. The van der Waals surface area contributed by atoms with Gasteiger partial charge in [0.1, 0.15) is 5.75 Å². The minimum atomic E-state index is -4.58. The number of rotatable bonds is 10. The summed E-state index contributed by atoms with van der Waals surface area (Å²) in [4.78, 5) is 30.6. The number of anilines is 3. The first-order valence-corrected chi connectivity index (χ1v) is 14.9. The quantitative estimate of drug-likeness (QED) is 0.169. The molecule has 0 spiro atoms. The van der Waals surface area contributed by atoms with Gasteiger partial charge in [0.25, 0.3) is 5.91 Å². The van der Waals surface area contributed by atoms with E-state index in [0.29, 0.717) is 45.6 Å². The molecule has 0 saturated carbocycles. The van der Waals surface area contributed by atoms with E-state index >= 15 is 0 Å². The Morgan fingerprint density at radius 1 is 1.00 bits per heavy atom. The first kappa shape index (κ1) is 33.1. The second kappa shape index (κ2) is 13.6. The van der Waals surface area contributed by atoms with E-state index in [1.165, 1.54) is 6.07 Å². The predicted molar refractivity (Wildman–Crippen MR) is 180 cm³/mol. The van der Waals surface area contributed by atoms with Crippen LogP contribution in [0.25, 0.3) is 33.2 Å². The monoisotopic (exact) mass is 643 g/mol. The van der Waals surface area contributed by atoms with Gasteiger partial charge >= 0.3 is 6.18 Å². The van der Waals surface area contributed by atoms with E-state index < -0.39 is 17.6 Å². The Kier molecular flexibility index (Phi) is 9.61. The molecule has 0 aliphatic heterocycles. The Labute approximate surface area is 271 Å². The van der Waals surface area contributed by atoms with Gasteiger partial charge in [-0.2, -0.15) is 13.2 Å². The average Bonchev–Trinajstić information content (AvgIpc) is 3.03. The molecular formula is C35H36F3N7O2. The lowest BCUT2D eigenvalue weighted by Crippen LogP contribution is -2.25. The Morgan fingerprint density at radius 2 is 1.79 bits per heavy atom. The maximum atomic E-state index is 13.7. The van der Waals surface area contributed by atoms with Gasteiger partial charge in [-0.1, -0.05) is 12.1 Å². The first-order chi connectivity index (χ1) is 22.4. The number of nitrogens with zero attached hydrogens (tertiary/aromatic N) is 5. The number of nitrogen functional groups attached to an aromatic ring is 1. The van der Waals surface area contributed by atoms with E-state index in [4.69, 9.17) is 10.5 Å². The SMILES string of the molecule is COc1c(-c2cc(C(=O)Nc3cc(C(F)(F)F)ccc3N(C)CCCN(C)C)ccc2C)cc2cnc(N)nc2c1-c1cccnc1. The van der Waals surface area contributed by atoms with E-state index in [9.17, 15) is 18.0 Å². The highest BCUT2D eigenvalue weighted by Crippen LogP contribution is 2.44. The lowest BCUT2D eigenvalue weighted by molar-refractivity contribution is -0.137. The van der Waals surface area contributed by atoms with Crippen LogP contribution in [0.15, 0.2) is 73.2 Å². The van der Waals surface area contributed by atoms with Gasteiger partial charge in [0.2, 0.25) is 5.95 Å². The Bertz CT molecular complexity index is 1910. The van der Waals surface area contributed by atoms with E-state index in [2.05, 4.69) is 20.3 Å². The van der Waals surface area contributed by atoms with Gasteiger partial charge in [-0.25, -0.2) is 9.97 Å². The molecule has 0 aliphatic rings. The lowest BCUT2D eigenvalue weighted by Gasteiger charge is -2.24. The smallest absolute Gasteiger partial charge is 0.416 e. The van der Waals surface area contributed by atoms with Crippen molar-refractivity contribution in [3.8, 4) is 28.0 Å². The second-order valence-corrected chi connectivity index (χ2v) is 11.5. The Balaban J connectivity index is 1.58. The Hall–Kier alpha value is -5.23. The number of aryl methyl sites for hydroxylation is 1. The lowest BCUT2D eigenvalue weighted by atomic mass is 9.91. The van der Waals surface area contributed by atoms with Crippen LogP contribution in [0.3, 0.4) is 0 Å². The van der Waals surface area contributed by atoms with Gasteiger partial charge < -0.3 is 25.6 Å². The van der Waals surface area contributed by atoms with Crippen molar-refractivity contribution in [1.82, 2.24) is 19.9 Å². The van der Waals surface area contributed by atoms with E-state index in [-0.39, 0.29) is 17.2 Å². The highest BCUT2D eigenvalue weighted by Gasteiger charge is 2.32. The average molecular weight is 644 g/mol. The summed E-state index contributed by atoms with van der Waals surface area (Å²) in [5.41, 5.74) is 10.1. The van der Waals surface area contributed by atoms with Gasteiger partial charge in [-0.15, -0.1) is 0 Å². The second-order valence-electron chi connectivity index (χ2n) is 11.5. The van der Waals surface area contributed by atoms with E-state index in [1.807, 2.05) is 43.0 Å². The van der Waals surface area contributed by atoms with Crippen molar-refractivity contribution in [2.75, 3.05) is 57.3 Å². The zero-order valence-electron chi connectivity index (χ0n) is 26.8. The van der Waals surface area contributed by atoms with Crippen molar-refractivity contribution >= 4 is 34.1 Å². The summed E-state index contributed by atoms with van der Waals surface area (Å²) in [5.74, 6) is 0.0326. The van der Waals surface area contributed by atoms with Crippen LogP contribution in [-0.4, -0.2) is 67.1 Å².